The standard InChI is InChI=1S/C29H28N6O4S/c1-16-13-23(39-20-9-4-3-5-10-20)31-15-22(16)35-21-11-12-30-28-24(21)25(34-29(35)38)26(40-28)27(37)33-19-8-6-7-18(14-19)32-17(2)36/h3-5,9-13,15,18-19H,6-8,14H2,1-2H3,(H,32,36)(H,33,37)(H,34,38)/t18-,19+/m1/s1. The molecule has 4 aromatic rings. The van der Waals surface area contributed by atoms with Crippen LogP contribution in [0.15, 0.2) is 54.9 Å². The number of amides is 4. The number of benzene rings is 1. The number of anilines is 3. The number of nitrogens with zero attached hydrogens (tertiary/aromatic N) is 3. The van der Waals surface area contributed by atoms with Crippen LogP contribution in [-0.4, -0.2) is 39.9 Å². The van der Waals surface area contributed by atoms with E-state index in [1.807, 2.05) is 37.3 Å². The van der Waals surface area contributed by atoms with Crippen molar-refractivity contribution in [1.82, 2.24) is 20.6 Å². The maximum absolute atomic E-state index is 13.5. The van der Waals surface area contributed by atoms with Crippen LogP contribution < -0.4 is 25.6 Å². The highest BCUT2D eigenvalue weighted by atomic mass is 32.1. The molecule has 1 aliphatic heterocycles. The zero-order chi connectivity index (χ0) is 27.8. The largest absolute Gasteiger partial charge is 0.439 e. The lowest BCUT2D eigenvalue weighted by Crippen LogP contribution is -2.45. The Hall–Kier alpha value is -4.51. The normalized spacial score (nSPS) is 18.2. The van der Waals surface area contributed by atoms with Gasteiger partial charge in [0.25, 0.3) is 5.91 Å². The van der Waals surface area contributed by atoms with E-state index < -0.39 is 6.03 Å². The van der Waals surface area contributed by atoms with E-state index in [9.17, 15) is 14.4 Å². The summed E-state index contributed by atoms with van der Waals surface area (Å²) < 4.78 is 5.86. The number of aromatic nitrogens is 2. The maximum atomic E-state index is 13.5. The summed E-state index contributed by atoms with van der Waals surface area (Å²) in [5, 5.41) is 9.72. The Labute approximate surface area is 234 Å². The Morgan fingerprint density at radius 1 is 1.07 bits per heavy atom. The van der Waals surface area contributed by atoms with E-state index in [1.165, 1.54) is 18.3 Å². The second kappa shape index (κ2) is 10.6. The molecule has 11 heteroatoms. The molecule has 2 atom stereocenters. The highest BCUT2D eigenvalue weighted by Crippen LogP contribution is 2.46. The van der Waals surface area contributed by atoms with Crippen molar-refractivity contribution in [2.45, 2.75) is 51.6 Å². The third kappa shape index (κ3) is 4.95. The summed E-state index contributed by atoms with van der Waals surface area (Å²) in [5.41, 5.74) is 2.48. The third-order valence-electron chi connectivity index (χ3n) is 7.13. The minimum absolute atomic E-state index is 0.0418. The topological polar surface area (TPSA) is 126 Å². The van der Waals surface area contributed by atoms with Crippen LogP contribution in [0.25, 0.3) is 10.2 Å². The minimum atomic E-state index is -0.391. The summed E-state index contributed by atoms with van der Waals surface area (Å²) in [6.45, 7) is 3.39. The van der Waals surface area contributed by atoms with Crippen LogP contribution in [0.1, 0.15) is 47.8 Å². The fourth-order valence-electron chi connectivity index (χ4n) is 5.40. The van der Waals surface area contributed by atoms with Crippen molar-refractivity contribution in [1.29, 1.82) is 0 Å². The first kappa shape index (κ1) is 25.8. The molecule has 1 aliphatic carbocycles. The summed E-state index contributed by atoms with van der Waals surface area (Å²) in [6.07, 6.45) is 6.56. The first-order valence-electron chi connectivity index (χ1n) is 13.2. The fraction of sp³-hybridized carbons (Fsp3) is 0.276. The van der Waals surface area contributed by atoms with Gasteiger partial charge in [-0.15, -0.1) is 11.3 Å². The van der Waals surface area contributed by atoms with Gasteiger partial charge in [-0.3, -0.25) is 14.5 Å². The zero-order valence-corrected chi connectivity index (χ0v) is 22.9. The molecule has 0 bridgehead atoms. The third-order valence-corrected chi connectivity index (χ3v) is 8.23. The molecule has 0 radical (unpaired) electrons. The van der Waals surface area contributed by atoms with Crippen molar-refractivity contribution in [2.24, 2.45) is 0 Å². The zero-order valence-electron chi connectivity index (χ0n) is 22.1. The van der Waals surface area contributed by atoms with Crippen molar-refractivity contribution in [2.75, 3.05) is 10.2 Å². The summed E-state index contributed by atoms with van der Waals surface area (Å²) in [6, 6.07) is 12.5. The van der Waals surface area contributed by atoms with E-state index in [4.69, 9.17) is 4.74 Å². The van der Waals surface area contributed by atoms with Gasteiger partial charge in [-0.2, -0.15) is 0 Å². The van der Waals surface area contributed by atoms with Gasteiger partial charge in [0.2, 0.25) is 11.8 Å². The van der Waals surface area contributed by atoms with Crippen molar-refractivity contribution < 1.29 is 19.1 Å². The number of urea groups is 1. The smallest absolute Gasteiger partial charge is 0.331 e. The number of ether oxygens (including phenoxy) is 1. The second-order valence-corrected chi connectivity index (χ2v) is 11.0. The number of carbonyl (C=O) groups excluding carboxylic acids is 3. The quantitative estimate of drug-likeness (QED) is 0.282. The number of pyridine rings is 2. The van der Waals surface area contributed by atoms with E-state index in [0.29, 0.717) is 50.2 Å². The Morgan fingerprint density at radius 3 is 2.60 bits per heavy atom. The average molecular weight is 557 g/mol. The van der Waals surface area contributed by atoms with Gasteiger partial charge in [-0.25, -0.2) is 14.8 Å². The van der Waals surface area contributed by atoms with Gasteiger partial charge in [-0.05, 0) is 56.4 Å². The molecule has 0 spiro atoms. The van der Waals surface area contributed by atoms with E-state index in [0.717, 1.165) is 24.8 Å². The number of thiophene rings is 1. The number of hydrogen-bond donors (Lipinski definition) is 3. The van der Waals surface area contributed by atoms with Gasteiger partial charge in [0.1, 0.15) is 15.5 Å². The molecule has 1 fully saturated rings. The summed E-state index contributed by atoms with van der Waals surface area (Å²) >= 11 is 1.25. The molecular weight excluding hydrogens is 528 g/mol. The maximum Gasteiger partial charge on any atom is 0.331 e. The highest BCUT2D eigenvalue weighted by Gasteiger charge is 2.34. The van der Waals surface area contributed by atoms with Gasteiger partial charge in [0, 0.05) is 31.3 Å². The van der Waals surface area contributed by atoms with Crippen LogP contribution in [0.5, 0.6) is 11.6 Å². The molecule has 204 valence electrons. The van der Waals surface area contributed by atoms with Gasteiger partial charge >= 0.3 is 6.03 Å². The SMILES string of the molecule is CC(=O)N[C@@H]1CCC[C@H](NC(=O)c2sc3nccc4c3c2NC(=O)N4c2cnc(Oc3ccccc3)cc2C)C1. The Balaban J connectivity index is 1.28. The lowest BCUT2D eigenvalue weighted by molar-refractivity contribution is -0.119. The Morgan fingerprint density at radius 2 is 1.85 bits per heavy atom. The molecule has 0 unspecified atom stereocenters. The lowest BCUT2D eigenvalue weighted by Gasteiger charge is -2.30. The molecule has 1 saturated carbocycles. The van der Waals surface area contributed by atoms with Crippen LogP contribution >= 0.6 is 11.3 Å². The summed E-state index contributed by atoms with van der Waals surface area (Å²) in [7, 11) is 0. The Bertz CT molecular complexity index is 1620. The molecular formula is C29H28N6O4S. The molecule has 3 aromatic heterocycles. The predicted molar refractivity (Wildman–Crippen MR) is 154 cm³/mol. The molecule has 4 amide bonds. The van der Waals surface area contributed by atoms with Gasteiger partial charge in [0.05, 0.1) is 28.6 Å². The molecule has 2 aliphatic rings. The van der Waals surface area contributed by atoms with Crippen LogP contribution in [0.4, 0.5) is 21.9 Å². The second-order valence-electron chi connectivity index (χ2n) is 10.0. The Kier molecular flexibility index (Phi) is 6.81. The summed E-state index contributed by atoms with van der Waals surface area (Å²) in [4.78, 5) is 50.0. The molecule has 10 nitrogen and oxygen atoms in total. The number of carbonyl (C=O) groups is 3. The van der Waals surface area contributed by atoms with E-state index >= 15 is 0 Å². The van der Waals surface area contributed by atoms with Crippen LogP contribution in [0.2, 0.25) is 0 Å². The van der Waals surface area contributed by atoms with E-state index in [2.05, 4.69) is 25.9 Å². The molecule has 3 N–H and O–H groups in total. The molecule has 1 aromatic carbocycles. The minimum Gasteiger partial charge on any atom is -0.439 e. The number of hydrogen-bond acceptors (Lipinski definition) is 7. The van der Waals surface area contributed by atoms with Gasteiger partial charge in [-0.1, -0.05) is 18.2 Å². The van der Waals surface area contributed by atoms with Crippen molar-refractivity contribution in [3.63, 3.8) is 0 Å². The number of rotatable bonds is 6. The first-order chi connectivity index (χ1) is 19.4. The fourth-order valence-corrected chi connectivity index (χ4v) is 6.42. The van der Waals surface area contributed by atoms with Crippen LogP contribution in [0, 0.1) is 6.92 Å². The molecule has 0 saturated heterocycles. The van der Waals surface area contributed by atoms with Gasteiger partial charge < -0.3 is 20.7 Å². The average Bonchev–Trinajstić information content (AvgIpc) is 3.29. The van der Waals surface area contributed by atoms with Crippen LogP contribution in [0.3, 0.4) is 0 Å². The number of para-hydroxylation sites is 1. The highest BCUT2D eigenvalue weighted by molar-refractivity contribution is 7.21. The molecule has 4 heterocycles. The first-order valence-corrected chi connectivity index (χ1v) is 14.0. The monoisotopic (exact) mass is 556 g/mol. The van der Waals surface area contributed by atoms with Gasteiger partial charge in [0.15, 0.2) is 0 Å². The van der Waals surface area contributed by atoms with Crippen molar-refractivity contribution in [3.05, 3.63) is 65.3 Å². The van der Waals surface area contributed by atoms with Crippen molar-refractivity contribution >= 4 is 56.5 Å². The molecule has 40 heavy (non-hydrogen) atoms. The van der Waals surface area contributed by atoms with Crippen LogP contribution in [-0.2, 0) is 4.79 Å². The molecule has 6 rings (SSSR count). The lowest BCUT2D eigenvalue weighted by atomic mass is 9.91. The van der Waals surface area contributed by atoms with Crippen molar-refractivity contribution in [3.8, 4) is 11.6 Å². The van der Waals surface area contributed by atoms with E-state index in [1.54, 1.807) is 29.4 Å². The number of aryl methyl sites for hydroxylation is 1. The van der Waals surface area contributed by atoms with E-state index in [-0.39, 0.29) is 23.9 Å². The summed E-state index contributed by atoms with van der Waals surface area (Å²) in [5.74, 6) is 0.761. The number of nitrogens with one attached hydrogen (secondary N) is 3. The predicted octanol–water partition coefficient (Wildman–Crippen LogP) is 5.65.